The molecule has 2 rings (SSSR count). The van der Waals surface area contributed by atoms with Gasteiger partial charge >= 0.3 is 0 Å². The molecule has 2 unspecified atom stereocenters. The van der Waals surface area contributed by atoms with Crippen molar-refractivity contribution in [3.05, 3.63) is 24.0 Å². The van der Waals surface area contributed by atoms with Crippen LogP contribution in [0.15, 0.2) is 18.5 Å². The number of rotatable bonds is 9. The SMILES string of the molecule is CCNC(c1cncc(OC(C)C)c1)C(OCC)C1CC1. The highest BCUT2D eigenvalue weighted by Gasteiger charge is 2.37. The summed E-state index contributed by atoms with van der Waals surface area (Å²) >= 11 is 0. The maximum Gasteiger partial charge on any atom is 0.138 e. The number of ether oxygens (including phenoxy) is 2. The summed E-state index contributed by atoms with van der Waals surface area (Å²) in [5, 5.41) is 3.57. The van der Waals surface area contributed by atoms with Crippen molar-refractivity contribution < 1.29 is 9.47 Å². The molecular formula is C17H28N2O2. The van der Waals surface area contributed by atoms with E-state index in [1.54, 1.807) is 6.20 Å². The van der Waals surface area contributed by atoms with Gasteiger partial charge in [-0.2, -0.15) is 0 Å². The topological polar surface area (TPSA) is 43.4 Å². The van der Waals surface area contributed by atoms with Gasteiger partial charge in [-0.25, -0.2) is 0 Å². The Morgan fingerprint density at radius 3 is 2.62 bits per heavy atom. The fraction of sp³-hybridized carbons (Fsp3) is 0.706. The van der Waals surface area contributed by atoms with Crippen LogP contribution in [-0.4, -0.2) is 30.3 Å². The molecule has 1 saturated carbocycles. The Morgan fingerprint density at radius 2 is 2.05 bits per heavy atom. The van der Waals surface area contributed by atoms with Gasteiger partial charge in [0.25, 0.3) is 0 Å². The predicted octanol–water partition coefficient (Wildman–Crippen LogP) is 3.33. The van der Waals surface area contributed by atoms with Crippen molar-refractivity contribution in [3.8, 4) is 5.75 Å². The number of likely N-dealkylation sites (N-methyl/N-ethyl adjacent to an activating group) is 1. The van der Waals surface area contributed by atoms with Gasteiger partial charge in [0, 0.05) is 12.8 Å². The number of nitrogens with zero attached hydrogens (tertiary/aromatic N) is 1. The lowest BCUT2D eigenvalue weighted by Gasteiger charge is -2.28. The first-order valence-corrected chi connectivity index (χ1v) is 8.12. The summed E-state index contributed by atoms with van der Waals surface area (Å²) in [6.07, 6.45) is 6.62. The predicted molar refractivity (Wildman–Crippen MR) is 84.6 cm³/mol. The minimum Gasteiger partial charge on any atom is -0.489 e. The molecule has 0 saturated heterocycles. The molecule has 1 aromatic heterocycles. The van der Waals surface area contributed by atoms with E-state index >= 15 is 0 Å². The van der Waals surface area contributed by atoms with Crippen LogP contribution in [-0.2, 0) is 4.74 Å². The lowest BCUT2D eigenvalue weighted by Crippen LogP contribution is -2.35. The van der Waals surface area contributed by atoms with Crippen molar-refractivity contribution >= 4 is 0 Å². The molecule has 1 aliphatic carbocycles. The largest absolute Gasteiger partial charge is 0.489 e. The van der Waals surface area contributed by atoms with E-state index in [1.165, 1.54) is 12.8 Å². The first-order valence-electron chi connectivity index (χ1n) is 8.12. The number of hydrogen-bond donors (Lipinski definition) is 1. The lowest BCUT2D eigenvalue weighted by atomic mass is 9.99. The van der Waals surface area contributed by atoms with E-state index in [-0.39, 0.29) is 18.2 Å². The molecule has 0 spiro atoms. The van der Waals surface area contributed by atoms with Gasteiger partial charge in [-0.1, -0.05) is 6.92 Å². The Bertz CT molecular complexity index is 433. The van der Waals surface area contributed by atoms with Crippen LogP contribution in [0.25, 0.3) is 0 Å². The molecule has 0 bridgehead atoms. The molecule has 1 aliphatic rings. The van der Waals surface area contributed by atoms with E-state index in [9.17, 15) is 0 Å². The first kappa shape index (κ1) is 16.2. The molecule has 1 heterocycles. The highest BCUT2D eigenvalue weighted by atomic mass is 16.5. The second-order valence-electron chi connectivity index (χ2n) is 5.91. The first-order chi connectivity index (χ1) is 10.2. The molecule has 0 radical (unpaired) electrons. The Labute approximate surface area is 128 Å². The monoisotopic (exact) mass is 292 g/mol. The molecule has 4 nitrogen and oxygen atoms in total. The molecular weight excluding hydrogens is 264 g/mol. The summed E-state index contributed by atoms with van der Waals surface area (Å²) in [6.45, 7) is 9.91. The third-order valence-corrected chi connectivity index (χ3v) is 3.66. The lowest BCUT2D eigenvalue weighted by molar-refractivity contribution is 0.0188. The fourth-order valence-electron chi connectivity index (χ4n) is 2.71. The molecule has 0 aromatic carbocycles. The van der Waals surface area contributed by atoms with E-state index < -0.39 is 0 Å². The normalized spacial score (nSPS) is 17.8. The Hall–Kier alpha value is -1.13. The van der Waals surface area contributed by atoms with Crippen LogP contribution >= 0.6 is 0 Å². The van der Waals surface area contributed by atoms with Crippen molar-refractivity contribution in [1.82, 2.24) is 10.3 Å². The van der Waals surface area contributed by atoms with Gasteiger partial charge < -0.3 is 14.8 Å². The van der Waals surface area contributed by atoms with Crippen LogP contribution in [0.2, 0.25) is 0 Å². The third kappa shape index (κ3) is 4.68. The molecule has 0 aliphatic heterocycles. The van der Waals surface area contributed by atoms with Crippen molar-refractivity contribution in [2.75, 3.05) is 13.2 Å². The smallest absolute Gasteiger partial charge is 0.138 e. The zero-order valence-corrected chi connectivity index (χ0v) is 13.6. The summed E-state index contributed by atoms with van der Waals surface area (Å²) < 4.78 is 11.8. The second-order valence-corrected chi connectivity index (χ2v) is 5.91. The summed E-state index contributed by atoms with van der Waals surface area (Å²) in [5.74, 6) is 1.50. The van der Waals surface area contributed by atoms with E-state index in [0.717, 1.165) is 24.5 Å². The molecule has 21 heavy (non-hydrogen) atoms. The van der Waals surface area contributed by atoms with Gasteiger partial charge in [0.1, 0.15) is 5.75 Å². The number of nitrogens with one attached hydrogen (secondary N) is 1. The van der Waals surface area contributed by atoms with E-state index in [1.807, 2.05) is 20.0 Å². The van der Waals surface area contributed by atoms with Crippen LogP contribution in [0.1, 0.15) is 52.1 Å². The van der Waals surface area contributed by atoms with Gasteiger partial charge in [-0.15, -0.1) is 0 Å². The molecule has 0 amide bonds. The van der Waals surface area contributed by atoms with Crippen LogP contribution in [0.4, 0.5) is 0 Å². The van der Waals surface area contributed by atoms with Crippen molar-refractivity contribution in [1.29, 1.82) is 0 Å². The van der Waals surface area contributed by atoms with Crippen LogP contribution in [0, 0.1) is 5.92 Å². The fourth-order valence-corrected chi connectivity index (χ4v) is 2.71. The third-order valence-electron chi connectivity index (χ3n) is 3.66. The molecule has 1 fully saturated rings. The van der Waals surface area contributed by atoms with Gasteiger partial charge in [0.2, 0.25) is 0 Å². The molecule has 2 atom stereocenters. The maximum absolute atomic E-state index is 6.02. The van der Waals surface area contributed by atoms with Gasteiger partial charge in [0.05, 0.1) is 24.4 Å². The summed E-state index contributed by atoms with van der Waals surface area (Å²) in [6, 6.07) is 2.28. The number of hydrogen-bond acceptors (Lipinski definition) is 4. The molecule has 1 N–H and O–H groups in total. The van der Waals surface area contributed by atoms with Crippen LogP contribution in [0.5, 0.6) is 5.75 Å². The number of pyridine rings is 1. The zero-order chi connectivity index (χ0) is 15.2. The maximum atomic E-state index is 6.02. The van der Waals surface area contributed by atoms with Crippen molar-refractivity contribution in [2.24, 2.45) is 5.92 Å². The average Bonchev–Trinajstić information content (AvgIpc) is 3.27. The van der Waals surface area contributed by atoms with Crippen LogP contribution < -0.4 is 10.1 Å². The average molecular weight is 292 g/mol. The Balaban J connectivity index is 2.19. The minimum atomic E-state index is 0.158. The van der Waals surface area contributed by atoms with E-state index in [4.69, 9.17) is 9.47 Å². The summed E-state index contributed by atoms with van der Waals surface area (Å²) in [5.41, 5.74) is 1.15. The van der Waals surface area contributed by atoms with Crippen LogP contribution in [0.3, 0.4) is 0 Å². The number of aromatic nitrogens is 1. The quantitative estimate of drug-likeness (QED) is 0.758. The van der Waals surface area contributed by atoms with Gasteiger partial charge in [0.15, 0.2) is 0 Å². The summed E-state index contributed by atoms with van der Waals surface area (Å²) in [7, 11) is 0. The Kier molecular flexibility index (Phi) is 6.00. The minimum absolute atomic E-state index is 0.158. The highest BCUT2D eigenvalue weighted by Crippen LogP contribution is 2.40. The highest BCUT2D eigenvalue weighted by molar-refractivity contribution is 5.27. The second kappa shape index (κ2) is 7.76. The molecule has 118 valence electrons. The van der Waals surface area contributed by atoms with Crippen molar-refractivity contribution in [2.45, 2.75) is 58.8 Å². The summed E-state index contributed by atoms with van der Waals surface area (Å²) in [4.78, 5) is 4.34. The van der Waals surface area contributed by atoms with Gasteiger partial charge in [-0.3, -0.25) is 4.98 Å². The zero-order valence-electron chi connectivity index (χ0n) is 13.6. The van der Waals surface area contributed by atoms with E-state index in [0.29, 0.717) is 5.92 Å². The molecule has 1 aromatic rings. The van der Waals surface area contributed by atoms with Gasteiger partial charge in [-0.05, 0) is 57.7 Å². The Morgan fingerprint density at radius 1 is 1.29 bits per heavy atom. The van der Waals surface area contributed by atoms with E-state index in [2.05, 4.69) is 30.2 Å². The standard InChI is InChI=1S/C17H28N2O2/c1-5-19-16(17(20-6-2)13-7-8-13)14-9-15(11-18-10-14)21-12(3)4/h9-13,16-17,19H,5-8H2,1-4H3. The molecule has 4 heteroatoms. The van der Waals surface area contributed by atoms with Crippen molar-refractivity contribution in [3.63, 3.8) is 0 Å².